The Morgan fingerprint density at radius 2 is 1.73 bits per heavy atom. The van der Waals surface area contributed by atoms with E-state index in [0.29, 0.717) is 34.5 Å². The zero-order valence-corrected chi connectivity index (χ0v) is 16.5. The predicted molar refractivity (Wildman–Crippen MR) is 114 cm³/mol. The Bertz CT molecular complexity index is 1310. The van der Waals surface area contributed by atoms with Crippen molar-refractivity contribution in [1.82, 2.24) is 20.2 Å². The zero-order chi connectivity index (χ0) is 21.3. The molecule has 8 heteroatoms. The van der Waals surface area contributed by atoms with Crippen molar-refractivity contribution in [1.29, 1.82) is 0 Å². The van der Waals surface area contributed by atoms with E-state index >= 15 is 0 Å². The Morgan fingerprint density at radius 1 is 0.967 bits per heavy atom. The van der Waals surface area contributed by atoms with E-state index in [2.05, 4.69) is 39.3 Å². The molecule has 4 aromatic rings. The van der Waals surface area contributed by atoms with Gasteiger partial charge in [0, 0.05) is 17.5 Å². The van der Waals surface area contributed by atoms with Gasteiger partial charge in [0.05, 0.1) is 16.6 Å². The van der Waals surface area contributed by atoms with Gasteiger partial charge in [-0.15, -0.1) is 10.2 Å². The van der Waals surface area contributed by atoms with Gasteiger partial charge in [-0.1, -0.05) is 32.0 Å². The number of aromatic amines is 2. The van der Waals surface area contributed by atoms with E-state index in [-0.39, 0.29) is 11.2 Å². The van der Waals surface area contributed by atoms with Crippen LogP contribution < -0.4 is 16.6 Å². The maximum absolute atomic E-state index is 13.2. The van der Waals surface area contributed by atoms with Crippen LogP contribution >= 0.6 is 0 Å². The van der Waals surface area contributed by atoms with Crippen molar-refractivity contribution >= 4 is 16.7 Å². The molecule has 0 unspecified atom stereocenters. The van der Waals surface area contributed by atoms with Gasteiger partial charge in [0.15, 0.2) is 0 Å². The zero-order valence-electron chi connectivity index (χ0n) is 16.5. The van der Waals surface area contributed by atoms with Crippen LogP contribution in [0.3, 0.4) is 0 Å². The van der Waals surface area contributed by atoms with Crippen molar-refractivity contribution in [2.45, 2.75) is 19.3 Å². The number of nitrogens with one attached hydrogen (secondary N) is 3. The van der Waals surface area contributed by atoms with Crippen LogP contribution in [0.1, 0.15) is 19.4 Å². The van der Waals surface area contributed by atoms with Crippen LogP contribution in [0.25, 0.3) is 22.2 Å². The molecule has 4 rings (SSSR count). The summed E-state index contributed by atoms with van der Waals surface area (Å²) >= 11 is 0. The van der Waals surface area contributed by atoms with Crippen LogP contribution in [0.15, 0.2) is 64.2 Å². The first-order valence-electron chi connectivity index (χ1n) is 9.42. The Morgan fingerprint density at radius 3 is 2.43 bits per heavy atom. The van der Waals surface area contributed by atoms with Crippen molar-refractivity contribution < 1.29 is 4.39 Å². The van der Waals surface area contributed by atoms with Crippen molar-refractivity contribution in [3.8, 4) is 11.3 Å². The molecule has 2 heterocycles. The van der Waals surface area contributed by atoms with Gasteiger partial charge in [0.2, 0.25) is 0 Å². The molecule has 0 amide bonds. The van der Waals surface area contributed by atoms with E-state index in [4.69, 9.17) is 0 Å². The normalized spacial score (nSPS) is 11.6. The second-order valence-corrected chi connectivity index (χ2v) is 7.72. The van der Waals surface area contributed by atoms with Crippen molar-refractivity contribution in [2.75, 3.05) is 11.9 Å². The lowest BCUT2D eigenvalue weighted by molar-refractivity contribution is 0.552. The lowest BCUT2D eigenvalue weighted by atomic mass is 9.84. The number of hydrogen-bond acceptors (Lipinski definition) is 5. The van der Waals surface area contributed by atoms with Gasteiger partial charge in [0.25, 0.3) is 5.56 Å². The number of hydrogen-bond donors (Lipinski definition) is 3. The van der Waals surface area contributed by atoms with Gasteiger partial charge in [-0.2, -0.15) is 0 Å². The summed E-state index contributed by atoms with van der Waals surface area (Å²) in [6.45, 7) is 4.71. The molecular formula is C22H20FN5O2. The van der Waals surface area contributed by atoms with Crippen LogP contribution in [0.2, 0.25) is 0 Å². The van der Waals surface area contributed by atoms with E-state index in [1.54, 1.807) is 36.4 Å². The number of benzene rings is 2. The molecule has 0 aliphatic rings. The molecule has 0 saturated carbocycles. The lowest BCUT2D eigenvalue weighted by Crippen LogP contribution is -2.28. The summed E-state index contributed by atoms with van der Waals surface area (Å²) in [4.78, 5) is 28.2. The van der Waals surface area contributed by atoms with E-state index in [1.165, 1.54) is 12.1 Å². The number of nitrogens with zero attached hydrogens (tertiary/aromatic N) is 2. The maximum Gasteiger partial charge on any atom is 0.326 e. The average molecular weight is 405 g/mol. The highest BCUT2D eigenvalue weighted by Gasteiger charge is 2.20. The average Bonchev–Trinajstić information content (AvgIpc) is 2.73. The first kappa shape index (κ1) is 19.5. The number of rotatable bonds is 5. The van der Waals surface area contributed by atoms with E-state index < -0.39 is 11.2 Å². The van der Waals surface area contributed by atoms with E-state index in [1.807, 2.05) is 6.07 Å². The van der Waals surface area contributed by atoms with Gasteiger partial charge in [-0.3, -0.25) is 9.78 Å². The number of fused-ring (bicyclic) bond motifs is 1. The molecule has 30 heavy (non-hydrogen) atoms. The Hall–Kier alpha value is -3.81. The molecule has 2 aromatic heterocycles. The number of anilines is 1. The quantitative estimate of drug-likeness (QED) is 0.473. The molecule has 0 aliphatic heterocycles. The van der Waals surface area contributed by atoms with Crippen molar-refractivity contribution in [3.05, 3.63) is 86.8 Å². The van der Waals surface area contributed by atoms with Gasteiger partial charge in [-0.05, 0) is 42.0 Å². The molecule has 0 atom stereocenters. The second kappa shape index (κ2) is 7.55. The Balaban J connectivity index is 1.51. The number of aromatic nitrogens is 4. The number of H-pyrrole nitrogens is 2. The van der Waals surface area contributed by atoms with Crippen LogP contribution in [0, 0.1) is 5.82 Å². The van der Waals surface area contributed by atoms with Crippen molar-refractivity contribution in [2.24, 2.45) is 0 Å². The third kappa shape index (κ3) is 3.98. The second-order valence-electron chi connectivity index (χ2n) is 7.72. The molecule has 0 radical (unpaired) electrons. The predicted octanol–water partition coefficient (Wildman–Crippen LogP) is 3.20. The summed E-state index contributed by atoms with van der Waals surface area (Å²) in [7, 11) is 0. The first-order chi connectivity index (χ1) is 14.3. The molecule has 0 aliphatic carbocycles. The molecule has 152 valence electrons. The third-order valence-electron chi connectivity index (χ3n) is 5.04. The topological polar surface area (TPSA) is 104 Å². The van der Waals surface area contributed by atoms with Crippen LogP contribution in [0.4, 0.5) is 10.2 Å². The highest BCUT2D eigenvalue weighted by atomic mass is 19.1. The fourth-order valence-corrected chi connectivity index (χ4v) is 3.22. The summed E-state index contributed by atoms with van der Waals surface area (Å²) in [5.41, 5.74) is 1.56. The minimum absolute atomic E-state index is 0.232. The van der Waals surface area contributed by atoms with Gasteiger partial charge in [-0.25, -0.2) is 9.18 Å². The summed E-state index contributed by atoms with van der Waals surface area (Å²) in [6.07, 6.45) is 0. The molecular weight excluding hydrogens is 385 g/mol. The smallest absolute Gasteiger partial charge is 0.326 e. The van der Waals surface area contributed by atoms with Gasteiger partial charge < -0.3 is 10.3 Å². The molecule has 7 nitrogen and oxygen atoms in total. The molecule has 0 saturated heterocycles. The van der Waals surface area contributed by atoms with Gasteiger partial charge >= 0.3 is 5.69 Å². The maximum atomic E-state index is 13.2. The molecule has 0 fully saturated rings. The fraction of sp³-hybridized carbons (Fsp3) is 0.182. The molecule has 2 aromatic carbocycles. The molecule has 0 bridgehead atoms. The highest BCUT2D eigenvalue weighted by molar-refractivity contribution is 5.82. The number of halogens is 1. The molecule has 0 spiro atoms. The van der Waals surface area contributed by atoms with Crippen LogP contribution in [0.5, 0.6) is 0 Å². The summed E-state index contributed by atoms with van der Waals surface area (Å²) in [6, 6.07) is 15.2. The largest absolute Gasteiger partial charge is 0.368 e. The van der Waals surface area contributed by atoms with E-state index in [0.717, 1.165) is 5.56 Å². The minimum Gasteiger partial charge on any atom is -0.368 e. The van der Waals surface area contributed by atoms with Crippen LogP contribution in [-0.4, -0.2) is 26.7 Å². The summed E-state index contributed by atoms with van der Waals surface area (Å²) in [5.74, 6) is 0.350. The fourth-order valence-electron chi connectivity index (χ4n) is 3.22. The van der Waals surface area contributed by atoms with Crippen molar-refractivity contribution in [3.63, 3.8) is 0 Å². The first-order valence-corrected chi connectivity index (χ1v) is 9.42. The Kier molecular flexibility index (Phi) is 4.91. The minimum atomic E-state index is -0.543. The van der Waals surface area contributed by atoms with Crippen LogP contribution in [-0.2, 0) is 5.41 Å². The lowest BCUT2D eigenvalue weighted by Gasteiger charge is -2.25. The Labute approximate surface area is 171 Å². The monoisotopic (exact) mass is 405 g/mol. The molecule has 3 N–H and O–H groups in total. The van der Waals surface area contributed by atoms with E-state index in [9.17, 15) is 14.0 Å². The standard InChI is InChI=1S/C22H20FN5O2/c1-22(2,14-4-6-15(23)7-5-14)12-24-19-10-9-17(27-28-19)13-3-8-18-16(11-13)20(29)26-21(30)25-18/h3-11H,12H2,1-2H3,(H,24,28)(H2,25,26,29,30). The highest BCUT2D eigenvalue weighted by Crippen LogP contribution is 2.24. The summed E-state index contributed by atoms with van der Waals surface area (Å²) in [5, 5.41) is 12.1. The third-order valence-corrected chi connectivity index (χ3v) is 5.04. The summed E-state index contributed by atoms with van der Waals surface area (Å²) < 4.78 is 13.2. The SMILES string of the molecule is CC(C)(CNc1ccc(-c2ccc3[nH]c(=O)[nH]c(=O)c3c2)nn1)c1ccc(F)cc1. The van der Waals surface area contributed by atoms with Gasteiger partial charge in [0.1, 0.15) is 11.6 Å².